The van der Waals surface area contributed by atoms with Gasteiger partial charge in [-0.15, -0.1) is 5.10 Å². The fourth-order valence-electron chi connectivity index (χ4n) is 2.28. The quantitative estimate of drug-likeness (QED) is 0.627. The van der Waals surface area contributed by atoms with Crippen LogP contribution in [0, 0.1) is 0 Å². The number of anilines is 2. The number of pyridine rings is 1. The highest BCUT2D eigenvalue weighted by molar-refractivity contribution is 5.64. The van der Waals surface area contributed by atoms with Gasteiger partial charge in [0.2, 0.25) is 5.95 Å². The highest BCUT2D eigenvalue weighted by Crippen LogP contribution is 2.21. The molecule has 6 nitrogen and oxygen atoms in total. The molecular weight excluding hydrogens is 276 g/mol. The molecule has 0 saturated carbocycles. The van der Waals surface area contributed by atoms with E-state index in [1.807, 2.05) is 40.9 Å². The van der Waals surface area contributed by atoms with Crippen LogP contribution in [0.25, 0.3) is 16.9 Å². The standard InChI is InChI=1S/C16H12N6/c1-2-5-12(6-3-1)14-7-4-8-15-20-16(21-22(14)15)19-13-9-17-11-18-10-13/h1-11H,(H,19,21). The Labute approximate surface area is 126 Å². The molecule has 0 aliphatic rings. The summed E-state index contributed by atoms with van der Waals surface area (Å²) in [5, 5.41) is 7.63. The molecule has 4 aromatic rings. The van der Waals surface area contributed by atoms with Crippen molar-refractivity contribution in [1.29, 1.82) is 0 Å². The minimum Gasteiger partial charge on any atom is -0.320 e. The normalized spacial score (nSPS) is 10.7. The number of fused-ring (bicyclic) bond motifs is 1. The van der Waals surface area contributed by atoms with Gasteiger partial charge in [0.15, 0.2) is 5.65 Å². The van der Waals surface area contributed by atoms with Crippen molar-refractivity contribution in [2.75, 3.05) is 5.32 Å². The van der Waals surface area contributed by atoms with E-state index >= 15 is 0 Å². The molecule has 0 saturated heterocycles. The van der Waals surface area contributed by atoms with E-state index in [1.54, 1.807) is 12.4 Å². The molecule has 0 atom stereocenters. The van der Waals surface area contributed by atoms with Gasteiger partial charge in [-0.05, 0) is 12.1 Å². The number of hydrogen-bond donors (Lipinski definition) is 1. The van der Waals surface area contributed by atoms with Crippen molar-refractivity contribution in [2.24, 2.45) is 0 Å². The van der Waals surface area contributed by atoms with Gasteiger partial charge < -0.3 is 5.32 Å². The van der Waals surface area contributed by atoms with Crippen molar-refractivity contribution in [3.05, 3.63) is 67.3 Å². The highest BCUT2D eigenvalue weighted by atomic mass is 15.4. The number of hydrogen-bond acceptors (Lipinski definition) is 5. The summed E-state index contributed by atoms with van der Waals surface area (Å²) in [5.74, 6) is 0.512. The fraction of sp³-hybridized carbons (Fsp3) is 0. The molecule has 1 aromatic carbocycles. The summed E-state index contributed by atoms with van der Waals surface area (Å²) in [4.78, 5) is 12.4. The molecule has 0 radical (unpaired) electrons. The molecule has 1 N–H and O–H groups in total. The molecule has 0 aliphatic carbocycles. The zero-order valence-corrected chi connectivity index (χ0v) is 11.6. The van der Waals surface area contributed by atoms with Gasteiger partial charge in [0, 0.05) is 5.56 Å². The molecule has 106 valence electrons. The molecule has 0 unspecified atom stereocenters. The van der Waals surface area contributed by atoms with Gasteiger partial charge in [-0.1, -0.05) is 36.4 Å². The predicted molar refractivity (Wildman–Crippen MR) is 83.7 cm³/mol. The van der Waals surface area contributed by atoms with E-state index in [2.05, 4.69) is 37.5 Å². The number of aromatic nitrogens is 5. The Hall–Kier alpha value is -3.28. The van der Waals surface area contributed by atoms with E-state index < -0.39 is 0 Å². The van der Waals surface area contributed by atoms with Crippen LogP contribution >= 0.6 is 0 Å². The Kier molecular flexibility index (Phi) is 2.97. The molecule has 0 amide bonds. The van der Waals surface area contributed by atoms with Crippen LogP contribution < -0.4 is 5.32 Å². The third-order valence-corrected chi connectivity index (χ3v) is 3.25. The van der Waals surface area contributed by atoms with Crippen molar-refractivity contribution in [3.63, 3.8) is 0 Å². The molecule has 0 aliphatic heterocycles. The smallest absolute Gasteiger partial charge is 0.247 e. The van der Waals surface area contributed by atoms with E-state index in [4.69, 9.17) is 0 Å². The molecule has 3 aromatic heterocycles. The minimum absolute atomic E-state index is 0.512. The van der Waals surface area contributed by atoms with Crippen LogP contribution in [-0.2, 0) is 0 Å². The summed E-state index contributed by atoms with van der Waals surface area (Å²) < 4.78 is 1.82. The molecule has 0 bridgehead atoms. The lowest BCUT2D eigenvalue weighted by atomic mass is 10.1. The third kappa shape index (κ3) is 2.26. The molecule has 0 fully saturated rings. The zero-order valence-electron chi connectivity index (χ0n) is 11.6. The molecule has 22 heavy (non-hydrogen) atoms. The number of benzene rings is 1. The number of rotatable bonds is 3. The van der Waals surface area contributed by atoms with Crippen LogP contribution in [0.5, 0.6) is 0 Å². The average Bonchev–Trinajstić information content (AvgIpc) is 2.99. The predicted octanol–water partition coefficient (Wildman–Crippen LogP) is 2.93. The van der Waals surface area contributed by atoms with Crippen LogP contribution in [0.2, 0.25) is 0 Å². The second kappa shape index (κ2) is 5.25. The highest BCUT2D eigenvalue weighted by Gasteiger charge is 2.08. The summed E-state index contributed by atoms with van der Waals surface area (Å²) in [6, 6.07) is 16.0. The first-order valence-corrected chi connectivity index (χ1v) is 6.83. The summed E-state index contributed by atoms with van der Waals surface area (Å²) in [5.41, 5.74) is 3.61. The van der Waals surface area contributed by atoms with Crippen molar-refractivity contribution in [1.82, 2.24) is 24.6 Å². The lowest BCUT2D eigenvalue weighted by Crippen LogP contribution is -1.96. The first-order valence-electron chi connectivity index (χ1n) is 6.83. The summed E-state index contributed by atoms with van der Waals surface area (Å²) >= 11 is 0. The van der Waals surface area contributed by atoms with Crippen LogP contribution in [0.1, 0.15) is 0 Å². The first kappa shape index (κ1) is 12.5. The van der Waals surface area contributed by atoms with Gasteiger partial charge in [0.25, 0.3) is 0 Å². The van der Waals surface area contributed by atoms with E-state index in [0.29, 0.717) is 5.95 Å². The lowest BCUT2D eigenvalue weighted by Gasteiger charge is -2.03. The molecule has 0 spiro atoms. The van der Waals surface area contributed by atoms with Gasteiger partial charge in [-0.25, -0.2) is 14.5 Å². The Balaban J connectivity index is 1.78. The topological polar surface area (TPSA) is 68.0 Å². The maximum absolute atomic E-state index is 4.52. The van der Waals surface area contributed by atoms with Crippen molar-refractivity contribution >= 4 is 17.3 Å². The lowest BCUT2D eigenvalue weighted by molar-refractivity contribution is 0.973. The van der Waals surface area contributed by atoms with Crippen LogP contribution in [0.4, 0.5) is 11.6 Å². The second-order valence-electron chi connectivity index (χ2n) is 4.73. The van der Waals surface area contributed by atoms with Gasteiger partial charge in [-0.2, -0.15) is 4.98 Å². The third-order valence-electron chi connectivity index (χ3n) is 3.25. The van der Waals surface area contributed by atoms with Crippen LogP contribution in [0.3, 0.4) is 0 Å². The van der Waals surface area contributed by atoms with Crippen LogP contribution in [0.15, 0.2) is 67.3 Å². The van der Waals surface area contributed by atoms with Gasteiger partial charge in [0.05, 0.1) is 23.8 Å². The summed E-state index contributed by atoms with van der Waals surface area (Å²) in [7, 11) is 0. The van der Waals surface area contributed by atoms with E-state index in [9.17, 15) is 0 Å². The van der Waals surface area contributed by atoms with Crippen molar-refractivity contribution < 1.29 is 0 Å². The molecule has 6 heteroatoms. The zero-order chi connectivity index (χ0) is 14.8. The Morgan fingerprint density at radius 2 is 1.68 bits per heavy atom. The number of nitrogens with zero attached hydrogens (tertiary/aromatic N) is 5. The van der Waals surface area contributed by atoms with E-state index in [1.165, 1.54) is 6.33 Å². The second-order valence-corrected chi connectivity index (χ2v) is 4.73. The summed E-state index contributed by atoms with van der Waals surface area (Å²) in [6.45, 7) is 0. The molecule has 4 rings (SSSR count). The van der Waals surface area contributed by atoms with Gasteiger partial charge >= 0.3 is 0 Å². The monoisotopic (exact) mass is 288 g/mol. The van der Waals surface area contributed by atoms with Crippen LogP contribution in [-0.4, -0.2) is 24.6 Å². The average molecular weight is 288 g/mol. The largest absolute Gasteiger partial charge is 0.320 e. The van der Waals surface area contributed by atoms with E-state index in [-0.39, 0.29) is 0 Å². The maximum Gasteiger partial charge on any atom is 0.247 e. The minimum atomic E-state index is 0.512. The molecule has 3 heterocycles. The summed E-state index contributed by atoms with van der Waals surface area (Å²) in [6.07, 6.45) is 4.84. The van der Waals surface area contributed by atoms with Gasteiger partial charge in [0.1, 0.15) is 6.33 Å². The Bertz CT molecular complexity index is 902. The Morgan fingerprint density at radius 3 is 2.50 bits per heavy atom. The van der Waals surface area contributed by atoms with E-state index in [0.717, 1.165) is 22.6 Å². The Morgan fingerprint density at radius 1 is 0.864 bits per heavy atom. The molecular formula is C16H12N6. The van der Waals surface area contributed by atoms with Crippen molar-refractivity contribution in [2.45, 2.75) is 0 Å². The van der Waals surface area contributed by atoms with Crippen molar-refractivity contribution in [3.8, 4) is 11.3 Å². The maximum atomic E-state index is 4.52. The number of nitrogens with one attached hydrogen (secondary N) is 1. The fourth-order valence-corrected chi connectivity index (χ4v) is 2.28. The van der Waals surface area contributed by atoms with Gasteiger partial charge in [-0.3, -0.25) is 0 Å². The SMILES string of the molecule is c1ccc(-c2cccc3nc(Nc4cncnc4)nn23)cc1. The first-order chi connectivity index (χ1) is 10.9.